The van der Waals surface area contributed by atoms with Gasteiger partial charge in [0.05, 0.1) is 6.54 Å². The van der Waals surface area contributed by atoms with Crippen LogP contribution in [-0.2, 0) is 19.1 Å². The largest absolute Gasteiger partial charge is 0.448 e. The number of anilines is 1. The molecular weight excluding hydrogens is 510 g/mol. The van der Waals surface area contributed by atoms with E-state index in [1.807, 2.05) is 91.0 Å². The molecule has 3 aromatic rings. The third-order valence-corrected chi connectivity index (χ3v) is 7.94. The van der Waals surface area contributed by atoms with Crippen LogP contribution in [0.2, 0.25) is 0 Å². The van der Waals surface area contributed by atoms with E-state index in [0.29, 0.717) is 12.2 Å². The number of ether oxygens (including phenoxy) is 1. The quantitative estimate of drug-likeness (QED) is 0.221. The Hall–Kier alpha value is -4.30. The Balaban J connectivity index is 1.33. The number of hydrogen-bond acceptors (Lipinski definition) is 6. The summed E-state index contributed by atoms with van der Waals surface area (Å²) in [6.07, 6.45) is 1.53. The van der Waals surface area contributed by atoms with Gasteiger partial charge in [-0.2, -0.15) is 0 Å². The normalized spacial score (nSPS) is 18.2. The van der Waals surface area contributed by atoms with Crippen molar-refractivity contribution in [3.8, 4) is 0 Å². The number of esters is 1. The van der Waals surface area contributed by atoms with E-state index >= 15 is 0 Å². The molecular formula is C31H29N3O4S. The lowest BCUT2D eigenvalue weighted by molar-refractivity contribution is -0.154. The first-order valence-corrected chi connectivity index (χ1v) is 13.8. The number of nitrogens with zero attached hydrogens (tertiary/aromatic N) is 1. The van der Waals surface area contributed by atoms with E-state index in [1.165, 1.54) is 16.7 Å². The van der Waals surface area contributed by atoms with E-state index in [-0.39, 0.29) is 29.4 Å². The zero-order valence-corrected chi connectivity index (χ0v) is 22.1. The van der Waals surface area contributed by atoms with Crippen molar-refractivity contribution in [2.45, 2.75) is 23.9 Å². The van der Waals surface area contributed by atoms with Crippen LogP contribution in [0.3, 0.4) is 0 Å². The Morgan fingerprint density at radius 2 is 1.56 bits per heavy atom. The molecule has 2 aliphatic rings. The summed E-state index contributed by atoms with van der Waals surface area (Å²) in [4.78, 5) is 41.1. The number of carbonyl (C=O) groups is 3. The van der Waals surface area contributed by atoms with Gasteiger partial charge in [0, 0.05) is 11.4 Å². The predicted octanol–water partition coefficient (Wildman–Crippen LogP) is 4.66. The van der Waals surface area contributed by atoms with Gasteiger partial charge in [0.2, 0.25) is 5.91 Å². The fraction of sp³-hybridized carbons (Fsp3) is 0.194. The van der Waals surface area contributed by atoms with E-state index in [4.69, 9.17) is 4.74 Å². The highest BCUT2D eigenvalue weighted by atomic mass is 32.2. The van der Waals surface area contributed by atoms with Gasteiger partial charge in [-0.3, -0.25) is 14.5 Å². The van der Waals surface area contributed by atoms with Gasteiger partial charge in [0.15, 0.2) is 6.10 Å². The first kappa shape index (κ1) is 26.3. The Morgan fingerprint density at radius 1 is 0.974 bits per heavy atom. The van der Waals surface area contributed by atoms with Gasteiger partial charge in [0.1, 0.15) is 17.1 Å². The lowest BCUT2D eigenvalue weighted by Crippen LogP contribution is -2.71. The van der Waals surface area contributed by atoms with Gasteiger partial charge in [-0.05, 0) is 35.3 Å². The second-order valence-corrected chi connectivity index (χ2v) is 10.3. The van der Waals surface area contributed by atoms with Crippen LogP contribution < -0.4 is 10.6 Å². The highest BCUT2D eigenvalue weighted by molar-refractivity contribution is 8.00. The van der Waals surface area contributed by atoms with Crippen LogP contribution in [0, 0.1) is 0 Å². The van der Waals surface area contributed by atoms with Crippen molar-refractivity contribution < 1.29 is 19.1 Å². The van der Waals surface area contributed by atoms with Crippen molar-refractivity contribution in [1.82, 2.24) is 10.2 Å². The molecule has 2 heterocycles. The molecule has 198 valence electrons. The molecule has 7 nitrogen and oxygen atoms in total. The molecule has 0 bridgehead atoms. The number of rotatable bonds is 10. The maximum absolute atomic E-state index is 13.7. The van der Waals surface area contributed by atoms with E-state index in [1.54, 1.807) is 6.08 Å². The van der Waals surface area contributed by atoms with E-state index in [9.17, 15) is 14.4 Å². The van der Waals surface area contributed by atoms with E-state index < -0.39 is 18.1 Å². The molecule has 5 rings (SSSR count). The molecule has 1 unspecified atom stereocenters. The van der Waals surface area contributed by atoms with Crippen LogP contribution in [0.25, 0.3) is 0 Å². The topological polar surface area (TPSA) is 87.7 Å². The monoisotopic (exact) mass is 539 g/mol. The Labute approximate surface area is 231 Å². The number of β-lactam (4-membered cyclic amide) rings is 1. The standard InChI is InChI=1S/C31H29N3O4S/c1-2-12-23-20-39-30-26(33-25(35)19-32-24-17-10-5-11-18-24)29(36)34(30)27(23)31(37)38-28(21-13-6-3-7-14-21)22-15-8-4-9-16-22/h2-11,13-18,26,28,30,32H,1,12,19-20H2,(H,33,35)/t26?,30-/m0/s1. The fourth-order valence-corrected chi connectivity index (χ4v) is 6.07. The molecule has 2 N–H and O–H groups in total. The summed E-state index contributed by atoms with van der Waals surface area (Å²) in [6.45, 7) is 3.86. The van der Waals surface area contributed by atoms with Gasteiger partial charge in [0.25, 0.3) is 5.91 Å². The lowest BCUT2D eigenvalue weighted by Gasteiger charge is -2.49. The number of fused-ring (bicyclic) bond motifs is 1. The van der Waals surface area contributed by atoms with Crippen LogP contribution in [0.15, 0.2) is 115 Å². The minimum atomic E-state index is -0.716. The molecule has 0 spiro atoms. The van der Waals surface area contributed by atoms with Crippen molar-refractivity contribution in [2.24, 2.45) is 0 Å². The Morgan fingerprint density at radius 3 is 2.15 bits per heavy atom. The summed E-state index contributed by atoms with van der Waals surface area (Å²) in [5.74, 6) is -0.667. The second kappa shape index (κ2) is 12.0. The summed E-state index contributed by atoms with van der Waals surface area (Å²) in [5.41, 5.74) is 3.49. The minimum Gasteiger partial charge on any atom is -0.448 e. The van der Waals surface area contributed by atoms with Crippen LogP contribution in [0.1, 0.15) is 23.7 Å². The molecule has 0 aromatic heterocycles. The molecule has 0 aliphatic carbocycles. The highest BCUT2D eigenvalue weighted by Gasteiger charge is 2.54. The zero-order valence-electron chi connectivity index (χ0n) is 21.3. The average molecular weight is 540 g/mol. The second-order valence-electron chi connectivity index (χ2n) is 9.23. The number of benzene rings is 3. The highest BCUT2D eigenvalue weighted by Crippen LogP contribution is 2.42. The molecule has 0 saturated carbocycles. The molecule has 2 aliphatic heterocycles. The van der Waals surface area contributed by atoms with Gasteiger partial charge in [-0.15, -0.1) is 18.3 Å². The van der Waals surface area contributed by atoms with Crippen molar-refractivity contribution >= 4 is 35.2 Å². The van der Waals surface area contributed by atoms with Crippen molar-refractivity contribution in [3.05, 3.63) is 126 Å². The number of para-hydroxylation sites is 1. The Kier molecular flexibility index (Phi) is 8.13. The van der Waals surface area contributed by atoms with E-state index in [0.717, 1.165) is 22.4 Å². The van der Waals surface area contributed by atoms with Crippen LogP contribution in [0.5, 0.6) is 0 Å². The van der Waals surface area contributed by atoms with E-state index in [2.05, 4.69) is 17.2 Å². The molecule has 1 saturated heterocycles. The zero-order chi connectivity index (χ0) is 27.2. The number of amides is 2. The van der Waals surface area contributed by atoms with Crippen molar-refractivity contribution in [1.29, 1.82) is 0 Å². The maximum atomic E-state index is 13.7. The summed E-state index contributed by atoms with van der Waals surface area (Å²) in [7, 11) is 0. The first-order chi connectivity index (χ1) is 19.1. The van der Waals surface area contributed by atoms with Crippen LogP contribution in [-0.4, -0.2) is 46.4 Å². The first-order valence-electron chi connectivity index (χ1n) is 12.7. The number of nitrogens with one attached hydrogen (secondary N) is 2. The summed E-state index contributed by atoms with van der Waals surface area (Å²) < 4.78 is 6.11. The molecule has 2 atom stereocenters. The predicted molar refractivity (Wildman–Crippen MR) is 153 cm³/mol. The summed E-state index contributed by atoms with van der Waals surface area (Å²) >= 11 is 1.52. The van der Waals surface area contributed by atoms with Crippen LogP contribution in [0.4, 0.5) is 5.69 Å². The van der Waals surface area contributed by atoms with Crippen molar-refractivity contribution in [3.63, 3.8) is 0 Å². The minimum absolute atomic E-state index is 0.0352. The van der Waals surface area contributed by atoms with Crippen molar-refractivity contribution in [2.75, 3.05) is 17.6 Å². The molecule has 3 aromatic carbocycles. The third kappa shape index (κ3) is 5.76. The summed E-state index contributed by atoms with van der Waals surface area (Å²) in [6, 6.07) is 27.7. The average Bonchev–Trinajstić information content (AvgIpc) is 2.98. The number of carbonyl (C=O) groups excluding carboxylic acids is 3. The van der Waals surface area contributed by atoms with Gasteiger partial charge >= 0.3 is 5.97 Å². The number of thioether (sulfide) groups is 1. The third-order valence-electron chi connectivity index (χ3n) is 6.60. The smallest absolute Gasteiger partial charge is 0.356 e. The number of hydrogen-bond donors (Lipinski definition) is 2. The molecule has 2 amide bonds. The SMILES string of the molecule is C=CCC1=C(C(=O)OC(c2ccccc2)c2ccccc2)N2C(=O)C(NC(=O)CNc3ccccc3)[C@@H]2SC1. The summed E-state index contributed by atoms with van der Waals surface area (Å²) in [5, 5.41) is 5.49. The molecule has 1 fully saturated rings. The molecule has 8 heteroatoms. The molecule has 39 heavy (non-hydrogen) atoms. The maximum Gasteiger partial charge on any atom is 0.356 e. The molecule has 0 radical (unpaired) electrons. The van der Waals surface area contributed by atoms with Crippen LogP contribution >= 0.6 is 11.8 Å². The Bertz CT molecular complexity index is 1340. The lowest BCUT2D eigenvalue weighted by atomic mass is 10.00. The van der Waals surface area contributed by atoms with Gasteiger partial charge < -0.3 is 15.4 Å². The number of allylic oxidation sites excluding steroid dienone is 1. The fourth-order valence-electron chi connectivity index (χ4n) is 4.71. The van der Waals surface area contributed by atoms with Gasteiger partial charge in [-0.25, -0.2) is 4.79 Å². The van der Waals surface area contributed by atoms with Gasteiger partial charge in [-0.1, -0.05) is 84.9 Å².